The monoisotopic (exact) mass is 304 g/mol. The molecule has 1 aromatic carbocycles. The first-order valence-corrected chi connectivity index (χ1v) is 7.73. The van der Waals surface area contributed by atoms with E-state index in [-0.39, 0.29) is 5.91 Å². The minimum atomic E-state index is -1.10. The summed E-state index contributed by atoms with van der Waals surface area (Å²) < 4.78 is 5.09. The number of hydrogen-bond donors (Lipinski definition) is 1. The number of ether oxygens (including phenoxy) is 1. The molecule has 2 atom stereocenters. The van der Waals surface area contributed by atoms with Crippen LogP contribution in [0, 0.1) is 11.8 Å². The first-order chi connectivity index (χ1) is 10.6. The van der Waals surface area contributed by atoms with Crippen molar-refractivity contribution in [2.75, 3.05) is 13.7 Å². The quantitative estimate of drug-likeness (QED) is 0.847. The van der Waals surface area contributed by atoms with Crippen LogP contribution in [0.15, 0.2) is 24.3 Å². The molecule has 0 radical (unpaired) electrons. The van der Waals surface area contributed by atoms with Gasteiger partial charge < -0.3 is 20.0 Å². The van der Waals surface area contributed by atoms with Gasteiger partial charge in [-0.1, -0.05) is 25.0 Å². The molecule has 1 aliphatic rings. The number of benzene rings is 1. The average Bonchev–Trinajstić information content (AvgIpc) is 2.55. The molecule has 0 saturated heterocycles. The molecule has 0 aromatic heterocycles. The first-order valence-electron chi connectivity index (χ1n) is 7.73. The lowest BCUT2D eigenvalue weighted by molar-refractivity contribution is -0.314. The fourth-order valence-corrected chi connectivity index (χ4v) is 2.98. The number of methoxy groups -OCH3 is 1. The number of hydrogen-bond acceptors (Lipinski definition) is 4. The standard InChI is InChI=1S/C17H23NO4/c1-22-13-8-6-12(7-9-13)10-11-18-16(19)14-4-2-3-5-15(14)17(20)21/h6-9,14-15H,2-5,10-11H2,1H3,(H,18,19)(H,20,21)/p-1/t14-,15+/m0/s1. The largest absolute Gasteiger partial charge is 0.550 e. The molecule has 5 heteroatoms. The maximum Gasteiger partial charge on any atom is 0.223 e. The Morgan fingerprint density at radius 3 is 2.41 bits per heavy atom. The molecule has 22 heavy (non-hydrogen) atoms. The maximum atomic E-state index is 12.2. The topological polar surface area (TPSA) is 78.5 Å². The predicted octanol–water partition coefficient (Wildman–Crippen LogP) is 0.910. The minimum absolute atomic E-state index is 0.164. The number of carboxylic acid groups (broad SMARTS) is 1. The van der Waals surface area contributed by atoms with Crippen molar-refractivity contribution < 1.29 is 19.4 Å². The smallest absolute Gasteiger partial charge is 0.223 e. The van der Waals surface area contributed by atoms with Crippen LogP contribution in [-0.2, 0) is 16.0 Å². The van der Waals surface area contributed by atoms with Crippen LogP contribution in [0.4, 0.5) is 0 Å². The lowest BCUT2D eigenvalue weighted by Crippen LogP contribution is -2.44. The summed E-state index contributed by atoms with van der Waals surface area (Å²) in [7, 11) is 1.62. The van der Waals surface area contributed by atoms with E-state index >= 15 is 0 Å². The average molecular weight is 304 g/mol. The van der Waals surface area contributed by atoms with Crippen molar-refractivity contribution in [3.63, 3.8) is 0 Å². The third-order valence-corrected chi connectivity index (χ3v) is 4.28. The van der Waals surface area contributed by atoms with E-state index in [0.717, 1.165) is 24.2 Å². The van der Waals surface area contributed by atoms with Gasteiger partial charge in [-0.3, -0.25) is 4.79 Å². The van der Waals surface area contributed by atoms with Gasteiger partial charge in [0.1, 0.15) is 5.75 Å². The van der Waals surface area contributed by atoms with Crippen molar-refractivity contribution in [3.05, 3.63) is 29.8 Å². The normalized spacial score (nSPS) is 21.1. The van der Waals surface area contributed by atoms with Gasteiger partial charge in [0, 0.05) is 24.3 Å². The Morgan fingerprint density at radius 2 is 1.82 bits per heavy atom. The third-order valence-electron chi connectivity index (χ3n) is 4.28. The number of carboxylic acids is 1. The maximum absolute atomic E-state index is 12.2. The van der Waals surface area contributed by atoms with Gasteiger partial charge in [0.05, 0.1) is 7.11 Å². The summed E-state index contributed by atoms with van der Waals surface area (Å²) in [5, 5.41) is 14.0. The van der Waals surface area contributed by atoms with Crippen molar-refractivity contribution in [2.45, 2.75) is 32.1 Å². The SMILES string of the molecule is COc1ccc(CCNC(=O)[C@H]2CCCC[C@H]2C(=O)[O-])cc1. The number of carbonyl (C=O) groups excluding carboxylic acids is 2. The molecule has 1 saturated carbocycles. The zero-order valence-electron chi connectivity index (χ0n) is 12.8. The molecule has 1 aromatic rings. The van der Waals surface area contributed by atoms with Crippen LogP contribution in [0.3, 0.4) is 0 Å². The molecular formula is C17H22NO4-. The molecule has 1 fully saturated rings. The summed E-state index contributed by atoms with van der Waals surface area (Å²) >= 11 is 0. The van der Waals surface area contributed by atoms with Gasteiger partial charge in [-0.25, -0.2) is 0 Å². The molecule has 1 N–H and O–H groups in total. The molecule has 0 unspecified atom stereocenters. The van der Waals surface area contributed by atoms with Gasteiger partial charge in [-0.05, 0) is 37.0 Å². The number of nitrogens with one attached hydrogen (secondary N) is 1. The van der Waals surface area contributed by atoms with E-state index in [1.165, 1.54) is 0 Å². The van der Waals surface area contributed by atoms with Crippen molar-refractivity contribution in [2.24, 2.45) is 11.8 Å². The molecule has 1 amide bonds. The van der Waals surface area contributed by atoms with E-state index in [9.17, 15) is 14.7 Å². The Hall–Kier alpha value is -2.04. The second-order valence-electron chi connectivity index (χ2n) is 5.71. The number of rotatable bonds is 6. The minimum Gasteiger partial charge on any atom is -0.550 e. The van der Waals surface area contributed by atoms with E-state index in [2.05, 4.69) is 5.32 Å². The van der Waals surface area contributed by atoms with Gasteiger partial charge in [0.25, 0.3) is 0 Å². The van der Waals surface area contributed by atoms with Crippen LogP contribution in [0.2, 0.25) is 0 Å². The van der Waals surface area contributed by atoms with Crippen molar-refractivity contribution in [1.29, 1.82) is 0 Å². The highest BCUT2D eigenvalue weighted by atomic mass is 16.5. The molecule has 0 bridgehead atoms. The fraction of sp³-hybridized carbons (Fsp3) is 0.529. The van der Waals surface area contributed by atoms with Crippen LogP contribution >= 0.6 is 0 Å². The summed E-state index contributed by atoms with van der Waals surface area (Å²) in [6.45, 7) is 0.501. The Bertz CT molecular complexity index is 512. The summed E-state index contributed by atoms with van der Waals surface area (Å²) in [5.41, 5.74) is 1.10. The molecule has 0 heterocycles. The van der Waals surface area contributed by atoms with Crippen LogP contribution in [0.25, 0.3) is 0 Å². The number of carbonyl (C=O) groups is 2. The molecule has 0 aliphatic heterocycles. The van der Waals surface area contributed by atoms with E-state index < -0.39 is 17.8 Å². The zero-order chi connectivity index (χ0) is 15.9. The Morgan fingerprint density at radius 1 is 1.18 bits per heavy atom. The summed E-state index contributed by atoms with van der Waals surface area (Å²) in [4.78, 5) is 23.3. The molecule has 120 valence electrons. The fourth-order valence-electron chi connectivity index (χ4n) is 2.98. The van der Waals surface area contributed by atoms with E-state index in [1.807, 2.05) is 24.3 Å². The Kier molecular flexibility index (Phi) is 5.81. The molecule has 1 aliphatic carbocycles. The molecule has 5 nitrogen and oxygen atoms in total. The highest BCUT2D eigenvalue weighted by molar-refractivity contribution is 5.84. The second kappa shape index (κ2) is 7.82. The predicted molar refractivity (Wildman–Crippen MR) is 80.2 cm³/mol. The van der Waals surface area contributed by atoms with E-state index in [4.69, 9.17) is 4.74 Å². The first kappa shape index (κ1) is 16.3. The zero-order valence-corrected chi connectivity index (χ0v) is 12.8. The molecule has 0 spiro atoms. The molecular weight excluding hydrogens is 282 g/mol. The van der Waals surface area contributed by atoms with Gasteiger partial charge in [-0.15, -0.1) is 0 Å². The number of aliphatic carboxylic acids is 1. The number of amides is 1. The van der Waals surface area contributed by atoms with Crippen molar-refractivity contribution in [1.82, 2.24) is 5.32 Å². The Labute approximate surface area is 130 Å². The molecule has 2 rings (SSSR count). The van der Waals surface area contributed by atoms with Crippen LogP contribution in [0.1, 0.15) is 31.2 Å². The van der Waals surface area contributed by atoms with Gasteiger partial charge in [-0.2, -0.15) is 0 Å². The Balaban J connectivity index is 1.82. The van der Waals surface area contributed by atoms with Gasteiger partial charge >= 0.3 is 0 Å². The van der Waals surface area contributed by atoms with Crippen LogP contribution in [0.5, 0.6) is 5.75 Å². The highest BCUT2D eigenvalue weighted by Crippen LogP contribution is 2.29. The van der Waals surface area contributed by atoms with Crippen molar-refractivity contribution >= 4 is 11.9 Å². The summed E-state index contributed by atoms with van der Waals surface area (Å²) in [6.07, 6.45) is 3.64. The summed E-state index contributed by atoms with van der Waals surface area (Å²) in [5.74, 6) is -1.56. The van der Waals surface area contributed by atoms with Crippen molar-refractivity contribution in [3.8, 4) is 5.75 Å². The van der Waals surface area contributed by atoms with E-state index in [0.29, 0.717) is 25.8 Å². The summed E-state index contributed by atoms with van der Waals surface area (Å²) in [6, 6.07) is 7.67. The second-order valence-corrected chi connectivity index (χ2v) is 5.71. The lowest BCUT2D eigenvalue weighted by atomic mass is 9.78. The van der Waals surface area contributed by atoms with Gasteiger partial charge in [0.15, 0.2) is 0 Å². The van der Waals surface area contributed by atoms with Gasteiger partial charge in [0.2, 0.25) is 5.91 Å². The third kappa shape index (κ3) is 4.23. The highest BCUT2D eigenvalue weighted by Gasteiger charge is 2.31. The van der Waals surface area contributed by atoms with E-state index in [1.54, 1.807) is 7.11 Å². The van der Waals surface area contributed by atoms with Crippen LogP contribution < -0.4 is 15.2 Å². The lowest BCUT2D eigenvalue weighted by Gasteiger charge is -2.31. The van der Waals surface area contributed by atoms with Crippen LogP contribution in [-0.4, -0.2) is 25.5 Å².